The summed E-state index contributed by atoms with van der Waals surface area (Å²) in [6.07, 6.45) is 3.30. The number of H-pyrrole nitrogens is 1. The molecule has 0 spiro atoms. The summed E-state index contributed by atoms with van der Waals surface area (Å²) in [5.41, 5.74) is 9.23. The minimum Gasteiger partial charge on any atom is -0.493 e. The summed E-state index contributed by atoms with van der Waals surface area (Å²) in [6, 6.07) is 9.65. The number of anilines is 2. The van der Waals surface area contributed by atoms with Crippen LogP contribution in [0.15, 0.2) is 48.8 Å². The number of rotatable bonds is 6. The third kappa shape index (κ3) is 3.77. The van der Waals surface area contributed by atoms with E-state index in [2.05, 4.69) is 25.3 Å². The lowest BCUT2D eigenvalue weighted by atomic mass is 10.1. The average Bonchev–Trinajstić information content (AvgIpc) is 3.20. The molecule has 9 heteroatoms. The number of ether oxygens (including phenoxy) is 1. The number of hydrogen-bond donors (Lipinski definition) is 3. The SMILES string of the molecule is CCNc1nccc(-c2nc(-c3ccc(F)cc3)[nH]c2-c2cnc(N)c(OC)c2)n1. The molecule has 4 aromatic rings. The van der Waals surface area contributed by atoms with Crippen LogP contribution in [0, 0.1) is 5.82 Å². The van der Waals surface area contributed by atoms with E-state index in [-0.39, 0.29) is 11.6 Å². The minimum absolute atomic E-state index is 0.289. The summed E-state index contributed by atoms with van der Waals surface area (Å²) in [4.78, 5) is 21.0. The number of aromatic amines is 1. The quantitative estimate of drug-likeness (QED) is 0.447. The number of nitrogen functional groups attached to an aromatic ring is 1. The molecule has 0 aliphatic rings. The van der Waals surface area contributed by atoms with Gasteiger partial charge in [-0.2, -0.15) is 0 Å². The second kappa shape index (κ2) is 8.16. The third-order valence-corrected chi connectivity index (χ3v) is 4.44. The van der Waals surface area contributed by atoms with Crippen molar-refractivity contribution in [3.8, 4) is 39.8 Å². The number of benzene rings is 1. The van der Waals surface area contributed by atoms with Gasteiger partial charge in [-0.1, -0.05) is 0 Å². The summed E-state index contributed by atoms with van der Waals surface area (Å²) >= 11 is 0. The average molecular weight is 405 g/mol. The Balaban J connectivity index is 1.89. The molecule has 0 fully saturated rings. The minimum atomic E-state index is -0.315. The first kappa shape index (κ1) is 19.3. The monoisotopic (exact) mass is 405 g/mol. The number of nitrogens with one attached hydrogen (secondary N) is 2. The molecule has 152 valence electrons. The molecule has 0 bridgehead atoms. The second-order valence-electron chi connectivity index (χ2n) is 6.42. The van der Waals surface area contributed by atoms with Gasteiger partial charge in [-0.3, -0.25) is 0 Å². The lowest BCUT2D eigenvalue weighted by molar-refractivity contribution is 0.415. The predicted molar refractivity (Wildman–Crippen MR) is 113 cm³/mol. The van der Waals surface area contributed by atoms with Crippen LogP contribution in [-0.2, 0) is 0 Å². The highest BCUT2D eigenvalue weighted by atomic mass is 19.1. The van der Waals surface area contributed by atoms with Gasteiger partial charge in [0.15, 0.2) is 11.6 Å². The summed E-state index contributed by atoms with van der Waals surface area (Å²) in [5, 5.41) is 3.10. The number of halogens is 1. The lowest BCUT2D eigenvalue weighted by Gasteiger charge is -2.07. The van der Waals surface area contributed by atoms with Crippen molar-refractivity contribution >= 4 is 11.8 Å². The largest absolute Gasteiger partial charge is 0.493 e. The second-order valence-corrected chi connectivity index (χ2v) is 6.42. The molecule has 30 heavy (non-hydrogen) atoms. The highest BCUT2D eigenvalue weighted by Gasteiger charge is 2.18. The Kier molecular flexibility index (Phi) is 5.25. The molecule has 4 rings (SSSR count). The van der Waals surface area contributed by atoms with Crippen molar-refractivity contribution in [1.29, 1.82) is 0 Å². The fraction of sp³-hybridized carbons (Fsp3) is 0.143. The van der Waals surface area contributed by atoms with Gasteiger partial charge in [0, 0.05) is 30.1 Å². The molecule has 0 radical (unpaired) electrons. The predicted octanol–water partition coefficient (Wildman–Crippen LogP) is 3.76. The molecular weight excluding hydrogens is 385 g/mol. The Bertz CT molecular complexity index is 1170. The van der Waals surface area contributed by atoms with E-state index in [0.29, 0.717) is 41.1 Å². The standard InChI is InChI=1S/C21H20FN7O/c1-3-24-21-25-9-8-15(27-21)18-17(13-10-16(30-2)19(23)26-11-13)28-20(29-18)12-4-6-14(22)7-5-12/h4-11H,3H2,1-2H3,(H2,23,26)(H,28,29)(H,24,25,27). The molecule has 0 aliphatic carbocycles. The Morgan fingerprint density at radius 2 is 1.90 bits per heavy atom. The Labute approximate surface area is 172 Å². The molecule has 4 N–H and O–H groups in total. The number of methoxy groups -OCH3 is 1. The zero-order valence-electron chi connectivity index (χ0n) is 16.5. The van der Waals surface area contributed by atoms with E-state index in [9.17, 15) is 4.39 Å². The van der Waals surface area contributed by atoms with E-state index in [1.54, 1.807) is 36.7 Å². The maximum absolute atomic E-state index is 13.4. The first-order chi connectivity index (χ1) is 14.6. The van der Waals surface area contributed by atoms with Crippen LogP contribution in [0.2, 0.25) is 0 Å². The van der Waals surface area contributed by atoms with Gasteiger partial charge in [-0.05, 0) is 43.3 Å². The third-order valence-electron chi connectivity index (χ3n) is 4.44. The van der Waals surface area contributed by atoms with Crippen molar-refractivity contribution in [2.24, 2.45) is 0 Å². The first-order valence-corrected chi connectivity index (χ1v) is 9.32. The van der Waals surface area contributed by atoms with E-state index in [4.69, 9.17) is 15.5 Å². The Hall–Kier alpha value is -4.01. The maximum Gasteiger partial charge on any atom is 0.223 e. The normalized spacial score (nSPS) is 10.8. The molecule has 0 atom stereocenters. The van der Waals surface area contributed by atoms with Gasteiger partial charge >= 0.3 is 0 Å². The van der Waals surface area contributed by atoms with Gasteiger partial charge in [0.1, 0.15) is 17.3 Å². The zero-order chi connectivity index (χ0) is 21.1. The Morgan fingerprint density at radius 1 is 1.10 bits per heavy atom. The van der Waals surface area contributed by atoms with E-state index in [0.717, 1.165) is 11.1 Å². The van der Waals surface area contributed by atoms with Gasteiger partial charge < -0.3 is 20.8 Å². The number of nitrogens with two attached hydrogens (primary N) is 1. The number of pyridine rings is 1. The molecular formula is C21H20FN7O. The number of hydrogen-bond acceptors (Lipinski definition) is 7. The Morgan fingerprint density at radius 3 is 2.63 bits per heavy atom. The van der Waals surface area contributed by atoms with Crippen LogP contribution in [0.4, 0.5) is 16.2 Å². The molecule has 8 nitrogen and oxygen atoms in total. The van der Waals surface area contributed by atoms with Gasteiger partial charge in [-0.25, -0.2) is 24.3 Å². The van der Waals surface area contributed by atoms with Crippen LogP contribution in [0.3, 0.4) is 0 Å². The molecule has 1 aromatic carbocycles. The van der Waals surface area contributed by atoms with Crippen LogP contribution in [0.1, 0.15) is 6.92 Å². The molecule has 0 amide bonds. The fourth-order valence-electron chi connectivity index (χ4n) is 3.00. The first-order valence-electron chi connectivity index (χ1n) is 9.32. The van der Waals surface area contributed by atoms with Gasteiger partial charge in [0.2, 0.25) is 5.95 Å². The van der Waals surface area contributed by atoms with E-state index >= 15 is 0 Å². The van der Waals surface area contributed by atoms with E-state index in [1.807, 2.05) is 6.92 Å². The van der Waals surface area contributed by atoms with Crippen LogP contribution in [-0.4, -0.2) is 38.6 Å². The van der Waals surface area contributed by atoms with Crippen molar-refractivity contribution < 1.29 is 9.13 Å². The highest BCUT2D eigenvalue weighted by molar-refractivity contribution is 5.80. The van der Waals surface area contributed by atoms with Crippen molar-refractivity contribution in [1.82, 2.24) is 24.9 Å². The lowest BCUT2D eigenvalue weighted by Crippen LogP contribution is -2.02. The highest BCUT2D eigenvalue weighted by Crippen LogP contribution is 2.34. The van der Waals surface area contributed by atoms with Crippen molar-refractivity contribution in [2.75, 3.05) is 24.7 Å². The zero-order valence-corrected chi connectivity index (χ0v) is 16.5. The summed E-state index contributed by atoms with van der Waals surface area (Å²) in [7, 11) is 1.53. The summed E-state index contributed by atoms with van der Waals surface area (Å²) in [6.45, 7) is 2.66. The van der Waals surface area contributed by atoms with Gasteiger partial charge in [0.25, 0.3) is 0 Å². The van der Waals surface area contributed by atoms with Crippen LogP contribution >= 0.6 is 0 Å². The fourth-order valence-corrected chi connectivity index (χ4v) is 3.00. The topological polar surface area (TPSA) is 115 Å². The van der Waals surface area contributed by atoms with Crippen molar-refractivity contribution in [3.05, 3.63) is 54.6 Å². The summed E-state index contributed by atoms with van der Waals surface area (Å²) < 4.78 is 18.7. The van der Waals surface area contributed by atoms with E-state index < -0.39 is 0 Å². The molecule has 3 heterocycles. The maximum atomic E-state index is 13.4. The van der Waals surface area contributed by atoms with Crippen LogP contribution in [0.5, 0.6) is 5.75 Å². The van der Waals surface area contributed by atoms with Gasteiger partial charge in [0.05, 0.1) is 18.5 Å². The summed E-state index contributed by atoms with van der Waals surface area (Å²) in [5.74, 6) is 1.49. The van der Waals surface area contributed by atoms with Crippen LogP contribution < -0.4 is 15.8 Å². The van der Waals surface area contributed by atoms with E-state index in [1.165, 1.54) is 19.2 Å². The number of nitrogens with zero attached hydrogens (tertiary/aromatic N) is 4. The smallest absolute Gasteiger partial charge is 0.223 e. The molecule has 0 saturated heterocycles. The number of aromatic nitrogens is 5. The molecule has 0 unspecified atom stereocenters. The molecule has 3 aromatic heterocycles. The van der Waals surface area contributed by atoms with Crippen molar-refractivity contribution in [3.63, 3.8) is 0 Å². The molecule has 0 aliphatic heterocycles. The van der Waals surface area contributed by atoms with Crippen molar-refractivity contribution in [2.45, 2.75) is 6.92 Å². The number of imidazole rings is 1. The molecule has 0 saturated carbocycles. The van der Waals surface area contributed by atoms with Crippen LogP contribution in [0.25, 0.3) is 34.0 Å². The van der Waals surface area contributed by atoms with Gasteiger partial charge in [-0.15, -0.1) is 0 Å².